The van der Waals surface area contributed by atoms with Gasteiger partial charge in [-0.25, -0.2) is 0 Å². The van der Waals surface area contributed by atoms with Crippen molar-refractivity contribution >= 4 is 39.1 Å². The Kier molecular flexibility index (Phi) is 6.43. The SMILES string of the molecule is O=C(C[C@H]1c2ccccc2C(=O)N(c2ccccc2)[C@@H]1C(=O)c1ccccc1)c1cccc(Br)c1. The molecule has 5 heteroatoms. The fourth-order valence-corrected chi connectivity index (χ4v) is 5.16. The van der Waals surface area contributed by atoms with Crippen LogP contribution < -0.4 is 4.90 Å². The number of para-hydroxylation sites is 1. The Bertz CT molecular complexity index is 1400. The number of carbonyl (C=O) groups excluding carboxylic acids is 3. The lowest BCUT2D eigenvalue weighted by molar-refractivity contribution is 0.0850. The number of nitrogens with zero attached hydrogens (tertiary/aromatic N) is 1. The van der Waals surface area contributed by atoms with Gasteiger partial charge in [0.2, 0.25) is 0 Å². The molecule has 0 aliphatic carbocycles. The summed E-state index contributed by atoms with van der Waals surface area (Å²) in [7, 11) is 0. The van der Waals surface area contributed by atoms with Gasteiger partial charge < -0.3 is 0 Å². The predicted molar refractivity (Wildman–Crippen MR) is 140 cm³/mol. The minimum Gasteiger partial charge on any atom is -0.297 e. The quantitative estimate of drug-likeness (QED) is 0.263. The Labute approximate surface area is 212 Å². The highest BCUT2D eigenvalue weighted by molar-refractivity contribution is 9.10. The number of ketones is 2. The largest absolute Gasteiger partial charge is 0.297 e. The maximum atomic E-state index is 14.0. The molecule has 0 N–H and O–H groups in total. The molecule has 1 aliphatic heterocycles. The van der Waals surface area contributed by atoms with Crippen LogP contribution in [-0.2, 0) is 0 Å². The van der Waals surface area contributed by atoms with Gasteiger partial charge in [0.1, 0.15) is 6.04 Å². The average molecular weight is 524 g/mol. The molecule has 1 aliphatic rings. The number of hydrogen-bond acceptors (Lipinski definition) is 3. The van der Waals surface area contributed by atoms with Crippen LogP contribution in [0.25, 0.3) is 0 Å². The predicted octanol–water partition coefficient (Wildman–Crippen LogP) is 6.72. The van der Waals surface area contributed by atoms with E-state index in [-0.39, 0.29) is 23.9 Å². The van der Waals surface area contributed by atoms with Crippen LogP contribution in [0.3, 0.4) is 0 Å². The van der Waals surface area contributed by atoms with E-state index in [1.807, 2.05) is 66.7 Å². The molecule has 0 radical (unpaired) electrons. The number of fused-ring (bicyclic) bond motifs is 1. The molecule has 172 valence electrons. The Morgan fingerprint density at radius 1 is 0.743 bits per heavy atom. The van der Waals surface area contributed by atoms with Crippen LogP contribution in [-0.4, -0.2) is 23.5 Å². The summed E-state index contributed by atoms with van der Waals surface area (Å²) in [6, 6.07) is 31.8. The van der Waals surface area contributed by atoms with Crippen molar-refractivity contribution in [3.8, 4) is 0 Å². The molecule has 5 rings (SSSR count). The van der Waals surface area contributed by atoms with Crippen molar-refractivity contribution in [2.45, 2.75) is 18.4 Å². The van der Waals surface area contributed by atoms with Crippen molar-refractivity contribution in [2.24, 2.45) is 0 Å². The molecule has 0 saturated carbocycles. The maximum absolute atomic E-state index is 14.0. The summed E-state index contributed by atoms with van der Waals surface area (Å²) < 4.78 is 0.811. The third kappa shape index (κ3) is 4.47. The molecule has 4 aromatic carbocycles. The molecular formula is C30H22BrNO3. The first kappa shape index (κ1) is 22.9. The molecule has 0 aromatic heterocycles. The first-order valence-electron chi connectivity index (χ1n) is 11.4. The number of hydrogen-bond donors (Lipinski definition) is 0. The van der Waals surface area contributed by atoms with Gasteiger partial charge in [-0.1, -0.05) is 94.8 Å². The van der Waals surface area contributed by atoms with Gasteiger partial charge in [-0.15, -0.1) is 0 Å². The number of amides is 1. The monoisotopic (exact) mass is 523 g/mol. The number of carbonyl (C=O) groups is 3. The van der Waals surface area contributed by atoms with Gasteiger partial charge >= 0.3 is 0 Å². The third-order valence-corrected chi connectivity index (χ3v) is 6.88. The van der Waals surface area contributed by atoms with Gasteiger partial charge in [0.05, 0.1) is 0 Å². The summed E-state index contributed by atoms with van der Waals surface area (Å²) in [5.74, 6) is -1.03. The van der Waals surface area contributed by atoms with E-state index in [4.69, 9.17) is 0 Å². The second kappa shape index (κ2) is 9.80. The number of rotatable bonds is 6. The number of Topliss-reactive ketones (excluding diaryl/α,β-unsaturated/α-hetero) is 2. The Hall–Kier alpha value is -3.83. The smallest absolute Gasteiger partial charge is 0.259 e. The molecule has 1 amide bonds. The molecule has 4 aromatic rings. The van der Waals surface area contributed by atoms with E-state index >= 15 is 0 Å². The molecule has 0 spiro atoms. The second-order valence-corrected chi connectivity index (χ2v) is 9.43. The van der Waals surface area contributed by atoms with E-state index in [1.54, 1.807) is 47.4 Å². The normalized spacial score (nSPS) is 17.1. The fourth-order valence-electron chi connectivity index (χ4n) is 4.76. The van der Waals surface area contributed by atoms with Gasteiger partial charge in [0.25, 0.3) is 5.91 Å². The zero-order chi connectivity index (χ0) is 24.4. The van der Waals surface area contributed by atoms with E-state index in [0.29, 0.717) is 22.4 Å². The number of halogens is 1. The van der Waals surface area contributed by atoms with Crippen LogP contribution in [0.4, 0.5) is 5.69 Å². The summed E-state index contributed by atoms with van der Waals surface area (Å²) in [6.45, 7) is 0. The van der Waals surface area contributed by atoms with Crippen molar-refractivity contribution in [3.63, 3.8) is 0 Å². The molecule has 4 nitrogen and oxygen atoms in total. The van der Waals surface area contributed by atoms with Crippen molar-refractivity contribution < 1.29 is 14.4 Å². The zero-order valence-electron chi connectivity index (χ0n) is 18.8. The van der Waals surface area contributed by atoms with Gasteiger partial charge in [-0.05, 0) is 35.9 Å². The highest BCUT2D eigenvalue weighted by Crippen LogP contribution is 2.40. The van der Waals surface area contributed by atoms with Crippen molar-refractivity contribution in [1.29, 1.82) is 0 Å². The van der Waals surface area contributed by atoms with Crippen molar-refractivity contribution in [1.82, 2.24) is 0 Å². The van der Waals surface area contributed by atoms with Crippen LogP contribution in [0.15, 0.2) is 114 Å². The number of benzene rings is 4. The summed E-state index contributed by atoms with van der Waals surface area (Å²) in [4.78, 5) is 42.8. The fraction of sp³-hybridized carbons (Fsp3) is 0.100. The van der Waals surface area contributed by atoms with Crippen LogP contribution in [0.5, 0.6) is 0 Å². The highest BCUT2D eigenvalue weighted by atomic mass is 79.9. The molecular weight excluding hydrogens is 502 g/mol. The topological polar surface area (TPSA) is 54.5 Å². The van der Waals surface area contributed by atoms with Gasteiger partial charge in [0, 0.05) is 39.2 Å². The summed E-state index contributed by atoms with van der Waals surface area (Å²) >= 11 is 3.44. The summed E-state index contributed by atoms with van der Waals surface area (Å²) in [6.07, 6.45) is 0.0906. The molecule has 0 saturated heterocycles. The first-order chi connectivity index (χ1) is 17.0. The first-order valence-corrected chi connectivity index (χ1v) is 12.2. The second-order valence-electron chi connectivity index (χ2n) is 8.52. The van der Waals surface area contributed by atoms with Crippen molar-refractivity contribution in [3.05, 3.63) is 136 Å². The van der Waals surface area contributed by atoms with E-state index in [2.05, 4.69) is 15.9 Å². The van der Waals surface area contributed by atoms with E-state index in [9.17, 15) is 14.4 Å². The van der Waals surface area contributed by atoms with Crippen molar-refractivity contribution in [2.75, 3.05) is 4.90 Å². The van der Waals surface area contributed by atoms with Crippen LogP contribution >= 0.6 is 15.9 Å². The Morgan fingerprint density at radius 2 is 1.37 bits per heavy atom. The van der Waals surface area contributed by atoms with Gasteiger partial charge in [0.15, 0.2) is 11.6 Å². The summed E-state index contributed by atoms with van der Waals surface area (Å²) in [5.41, 5.74) is 2.93. The Balaban J connectivity index is 1.67. The molecule has 35 heavy (non-hydrogen) atoms. The molecule has 2 atom stereocenters. The zero-order valence-corrected chi connectivity index (χ0v) is 20.4. The molecule has 1 heterocycles. The van der Waals surface area contributed by atoms with E-state index in [0.717, 1.165) is 10.0 Å². The van der Waals surface area contributed by atoms with Gasteiger partial charge in [-0.2, -0.15) is 0 Å². The Morgan fingerprint density at radius 3 is 2.09 bits per heavy atom. The maximum Gasteiger partial charge on any atom is 0.259 e. The van der Waals surface area contributed by atoms with Crippen LogP contribution in [0, 0.1) is 0 Å². The minimum absolute atomic E-state index is 0.0840. The van der Waals surface area contributed by atoms with E-state index in [1.165, 1.54) is 0 Å². The van der Waals surface area contributed by atoms with Crippen LogP contribution in [0.2, 0.25) is 0 Å². The standard InChI is InChI=1S/C30H22BrNO3/c31-22-13-9-12-21(18-22)27(33)19-26-24-16-7-8-17-25(24)30(35)32(23-14-5-2-6-15-23)28(26)29(34)20-10-3-1-4-11-20/h1-18,26,28H,19H2/t26-,28-/m0/s1. The summed E-state index contributed by atoms with van der Waals surface area (Å²) in [5, 5.41) is 0. The lowest BCUT2D eigenvalue weighted by Crippen LogP contribution is -2.53. The minimum atomic E-state index is -0.863. The van der Waals surface area contributed by atoms with Gasteiger partial charge in [-0.3, -0.25) is 19.3 Å². The lowest BCUT2D eigenvalue weighted by atomic mass is 9.76. The average Bonchev–Trinajstić information content (AvgIpc) is 2.90. The van der Waals surface area contributed by atoms with Crippen LogP contribution in [0.1, 0.15) is 49.0 Å². The number of anilines is 1. The molecule has 0 unspecified atom stereocenters. The highest BCUT2D eigenvalue weighted by Gasteiger charge is 2.45. The third-order valence-electron chi connectivity index (χ3n) is 6.38. The lowest BCUT2D eigenvalue weighted by Gasteiger charge is -2.41. The molecule has 0 fully saturated rings. The molecule has 0 bridgehead atoms. The van der Waals surface area contributed by atoms with E-state index < -0.39 is 12.0 Å².